The largest absolute Gasteiger partial charge is 0.370 e. The maximum absolute atomic E-state index is 11.7. The van der Waals surface area contributed by atoms with E-state index in [2.05, 4.69) is 10.3 Å². The number of nitrogens with one attached hydrogen (secondary N) is 1. The Hall–Kier alpha value is -2.04. The van der Waals surface area contributed by atoms with E-state index in [-0.39, 0.29) is 12.5 Å². The van der Waals surface area contributed by atoms with Crippen molar-refractivity contribution in [2.75, 3.05) is 20.1 Å². The van der Waals surface area contributed by atoms with E-state index in [1.807, 2.05) is 42.3 Å². The van der Waals surface area contributed by atoms with Gasteiger partial charge in [0.1, 0.15) is 6.54 Å². The van der Waals surface area contributed by atoms with E-state index in [4.69, 9.17) is 5.73 Å². The van der Waals surface area contributed by atoms with E-state index in [9.17, 15) is 4.79 Å². The lowest BCUT2D eigenvalue weighted by Gasteiger charge is -2.16. The van der Waals surface area contributed by atoms with Crippen molar-refractivity contribution in [2.24, 2.45) is 10.7 Å². The summed E-state index contributed by atoms with van der Waals surface area (Å²) in [7, 11) is 1.92. The second kappa shape index (κ2) is 6.93. The van der Waals surface area contributed by atoms with Crippen molar-refractivity contribution in [2.45, 2.75) is 25.3 Å². The maximum Gasteiger partial charge on any atom is 0.241 e. The van der Waals surface area contributed by atoms with Gasteiger partial charge in [-0.1, -0.05) is 30.3 Å². The van der Waals surface area contributed by atoms with E-state index in [1.165, 1.54) is 5.56 Å². The molecule has 5 nitrogen and oxygen atoms in total. The summed E-state index contributed by atoms with van der Waals surface area (Å²) in [6, 6.07) is 10.6. The molecule has 0 unspecified atom stereocenters. The van der Waals surface area contributed by atoms with Crippen LogP contribution in [-0.2, 0) is 11.2 Å². The maximum atomic E-state index is 11.7. The third-order valence-corrected chi connectivity index (χ3v) is 3.42. The van der Waals surface area contributed by atoms with Crippen LogP contribution in [0.15, 0.2) is 35.3 Å². The van der Waals surface area contributed by atoms with E-state index in [0.29, 0.717) is 18.5 Å². The Balaban J connectivity index is 1.66. The van der Waals surface area contributed by atoms with Gasteiger partial charge in [-0.2, -0.15) is 0 Å². The quantitative estimate of drug-likeness (QED) is 0.594. The third kappa shape index (κ3) is 4.57. The number of carbonyl (C=O) groups is 1. The van der Waals surface area contributed by atoms with E-state index >= 15 is 0 Å². The molecule has 0 radical (unpaired) electrons. The number of hydrogen-bond donors (Lipinski definition) is 2. The highest BCUT2D eigenvalue weighted by Crippen LogP contribution is 2.24. The number of aliphatic imine (C=N–C) groups is 1. The Morgan fingerprint density at radius 1 is 1.40 bits per heavy atom. The Kier molecular flexibility index (Phi) is 4.98. The molecule has 1 fully saturated rings. The first-order valence-corrected chi connectivity index (χ1v) is 7.00. The predicted octanol–water partition coefficient (Wildman–Crippen LogP) is 0.754. The van der Waals surface area contributed by atoms with Gasteiger partial charge in [-0.3, -0.25) is 4.79 Å². The molecular weight excluding hydrogens is 252 g/mol. The summed E-state index contributed by atoms with van der Waals surface area (Å²) >= 11 is 0. The molecule has 0 aliphatic heterocycles. The zero-order chi connectivity index (χ0) is 14.4. The molecule has 1 aromatic rings. The topological polar surface area (TPSA) is 70.7 Å². The van der Waals surface area contributed by atoms with Crippen LogP contribution in [0.3, 0.4) is 0 Å². The number of amides is 1. The summed E-state index contributed by atoms with van der Waals surface area (Å²) in [5, 5.41) is 2.85. The van der Waals surface area contributed by atoms with Crippen LogP contribution in [0, 0.1) is 0 Å². The van der Waals surface area contributed by atoms with Crippen LogP contribution in [-0.4, -0.2) is 42.9 Å². The molecule has 1 amide bonds. The molecule has 0 saturated heterocycles. The Morgan fingerprint density at radius 2 is 2.10 bits per heavy atom. The lowest BCUT2D eigenvalue weighted by Crippen LogP contribution is -2.37. The molecule has 0 spiro atoms. The Morgan fingerprint density at radius 3 is 2.75 bits per heavy atom. The third-order valence-electron chi connectivity index (χ3n) is 3.42. The highest BCUT2D eigenvalue weighted by Gasteiger charge is 2.27. The van der Waals surface area contributed by atoms with Crippen molar-refractivity contribution in [1.29, 1.82) is 0 Å². The molecular formula is C15H22N4O. The van der Waals surface area contributed by atoms with Gasteiger partial charge in [-0.15, -0.1) is 0 Å². The predicted molar refractivity (Wildman–Crippen MR) is 80.4 cm³/mol. The Bertz CT molecular complexity index is 468. The standard InChI is InChI=1S/C15H22N4O/c1-19(13-7-8-13)15(16)18-11-14(20)17-10-9-12-5-3-2-4-6-12/h2-6,13H,7-11H2,1H3,(H2,16,18)(H,17,20). The molecule has 0 bridgehead atoms. The van der Waals surface area contributed by atoms with Crippen LogP contribution < -0.4 is 11.1 Å². The van der Waals surface area contributed by atoms with Crippen molar-refractivity contribution in [3.63, 3.8) is 0 Å². The van der Waals surface area contributed by atoms with Gasteiger partial charge in [0.25, 0.3) is 0 Å². The van der Waals surface area contributed by atoms with Gasteiger partial charge in [0.15, 0.2) is 5.96 Å². The summed E-state index contributed by atoms with van der Waals surface area (Å²) in [4.78, 5) is 17.7. The van der Waals surface area contributed by atoms with Gasteiger partial charge in [0.05, 0.1) is 0 Å². The normalized spacial score (nSPS) is 14.9. The van der Waals surface area contributed by atoms with Crippen molar-refractivity contribution in [3.05, 3.63) is 35.9 Å². The first kappa shape index (κ1) is 14.4. The summed E-state index contributed by atoms with van der Waals surface area (Å²) in [6.07, 6.45) is 3.15. The summed E-state index contributed by atoms with van der Waals surface area (Å²) in [6.45, 7) is 0.717. The number of rotatable bonds is 6. The fourth-order valence-electron chi connectivity index (χ4n) is 1.96. The molecule has 1 aromatic carbocycles. The smallest absolute Gasteiger partial charge is 0.241 e. The Labute approximate surface area is 119 Å². The minimum atomic E-state index is -0.0897. The van der Waals surface area contributed by atoms with Gasteiger partial charge in [-0.05, 0) is 24.8 Å². The van der Waals surface area contributed by atoms with Gasteiger partial charge in [-0.25, -0.2) is 4.99 Å². The average Bonchev–Trinajstić information content (AvgIpc) is 3.29. The van der Waals surface area contributed by atoms with Crippen molar-refractivity contribution in [3.8, 4) is 0 Å². The number of nitrogens with two attached hydrogens (primary N) is 1. The van der Waals surface area contributed by atoms with Gasteiger partial charge < -0.3 is 16.0 Å². The van der Waals surface area contributed by atoms with E-state index < -0.39 is 0 Å². The number of nitrogens with zero attached hydrogens (tertiary/aromatic N) is 2. The van der Waals surface area contributed by atoms with Gasteiger partial charge in [0, 0.05) is 19.6 Å². The molecule has 108 valence electrons. The number of carbonyl (C=O) groups excluding carboxylic acids is 1. The van der Waals surface area contributed by atoms with Gasteiger partial charge in [0.2, 0.25) is 5.91 Å². The molecule has 3 N–H and O–H groups in total. The molecule has 5 heteroatoms. The average molecular weight is 274 g/mol. The number of hydrogen-bond acceptors (Lipinski definition) is 2. The van der Waals surface area contributed by atoms with Crippen LogP contribution >= 0.6 is 0 Å². The van der Waals surface area contributed by atoms with Crippen molar-refractivity contribution in [1.82, 2.24) is 10.2 Å². The zero-order valence-corrected chi connectivity index (χ0v) is 11.9. The molecule has 0 aromatic heterocycles. The lowest BCUT2D eigenvalue weighted by molar-refractivity contribution is -0.119. The minimum absolute atomic E-state index is 0.0897. The zero-order valence-electron chi connectivity index (χ0n) is 11.9. The molecule has 0 atom stereocenters. The summed E-state index contributed by atoms with van der Waals surface area (Å²) < 4.78 is 0. The molecule has 2 rings (SSSR count). The second-order valence-electron chi connectivity index (χ2n) is 5.10. The molecule has 20 heavy (non-hydrogen) atoms. The van der Waals surface area contributed by atoms with Crippen molar-refractivity contribution >= 4 is 11.9 Å². The molecule has 1 saturated carbocycles. The molecule has 0 heterocycles. The van der Waals surface area contributed by atoms with Crippen LogP contribution in [0.5, 0.6) is 0 Å². The van der Waals surface area contributed by atoms with E-state index in [0.717, 1.165) is 19.3 Å². The van der Waals surface area contributed by atoms with Gasteiger partial charge >= 0.3 is 0 Å². The highest BCUT2D eigenvalue weighted by atomic mass is 16.1. The first-order valence-electron chi connectivity index (χ1n) is 7.00. The fraction of sp³-hybridized carbons (Fsp3) is 0.467. The summed E-state index contributed by atoms with van der Waals surface area (Å²) in [5.74, 6) is 0.360. The van der Waals surface area contributed by atoms with Crippen LogP contribution in [0.25, 0.3) is 0 Å². The monoisotopic (exact) mass is 274 g/mol. The highest BCUT2D eigenvalue weighted by molar-refractivity contribution is 5.84. The van der Waals surface area contributed by atoms with Crippen molar-refractivity contribution < 1.29 is 4.79 Å². The minimum Gasteiger partial charge on any atom is -0.370 e. The van der Waals surface area contributed by atoms with Crippen LogP contribution in [0.4, 0.5) is 0 Å². The second-order valence-corrected chi connectivity index (χ2v) is 5.10. The SMILES string of the molecule is CN(C(N)=NCC(=O)NCCc1ccccc1)C1CC1. The summed E-state index contributed by atoms with van der Waals surface area (Å²) in [5.41, 5.74) is 7.03. The lowest BCUT2D eigenvalue weighted by atomic mass is 10.1. The first-order chi connectivity index (χ1) is 9.66. The van der Waals surface area contributed by atoms with E-state index in [1.54, 1.807) is 0 Å². The molecule has 1 aliphatic carbocycles. The fourth-order valence-corrected chi connectivity index (χ4v) is 1.96. The number of guanidine groups is 1. The number of benzene rings is 1. The van der Waals surface area contributed by atoms with Crippen LogP contribution in [0.2, 0.25) is 0 Å². The van der Waals surface area contributed by atoms with Crippen LogP contribution in [0.1, 0.15) is 18.4 Å². The molecule has 1 aliphatic rings.